The van der Waals surface area contributed by atoms with Gasteiger partial charge < -0.3 is 23.3 Å². The molecule has 266 valence electrons. The second kappa shape index (κ2) is 11.8. The van der Waals surface area contributed by atoms with E-state index in [0.717, 1.165) is 60.5 Å². The molecular weight excluding hydrogens is 846 g/mol. The maximum Gasteiger partial charge on any atom is 0.143 e. The summed E-state index contributed by atoms with van der Waals surface area (Å²) in [6.45, 7) is 6.05. The summed E-state index contributed by atoms with van der Waals surface area (Å²) in [4.78, 5) is 8.23. The molecule has 1 aliphatic rings. The third-order valence-corrected chi connectivity index (χ3v) is 10.7. The van der Waals surface area contributed by atoms with E-state index in [1.54, 1.807) is 6.67 Å². The number of fused-ring (bicyclic) bond motifs is 11. The topological polar surface area (TPSA) is 37.4 Å². The fraction of sp³-hybridized carbons (Fsp3) is 0.106. The molecule has 0 saturated carbocycles. The van der Waals surface area contributed by atoms with E-state index < -0.39 is 6.98 Å². The summed E-state index contributed by atoms with van der Waals surface area (Å²) in [5.74, 6) is 0.996. The van der Waals surface area contributed by atoms with Gasteiger partial charge in [0.1, 0.15) is 5.65 Å². The number of aromatic nitrogens is 3. The number of para-hydroxylation sites is 4. The van der Waals surface area contributed by atoms with Crippen molar-refractivity contribution in [2.45, 2.75) is 26.2 Å². The molecule has 0 bridgehead atoms. The number of ether oxygens (including phenoxy) is 1. The van der Waals surface area contributed by atoms with E-state index in [2.05, 4.69) is 108 Å². The first kappa shape index (κ1) is 29.6. The van der Waals surface area contributed by atoms with Crippen molar-refractivity contribution in [1.82, 2.24) is 13.8 Å². The smallest absolute Gasteiger partial charge is 0.143 e. The number of benzene rings is 6. The summed E-state index contributed by atoms with van der Waals surface area (Å²) in [6.07, 6.45) is 1.86. The second-order valence-electron chi connectivity index (χ2n) is 14.8. The minimum Gasteiger partial charge on any atom is -0.509 e. The van der Waals surface area contributed by atoms with Crippen molar-refractivity contribution in [3.63, 3.8) is 0 Å². The van der Waals surface area contributed by atoms with Crippen LogP contribution in [0.4, 0.5) is 17.1 Å². The van der Waals surface area contributed by atoms with Gasteiger partial charge in [-0.1, -0.05) is 80.9 Å². The number of pyridine rings is 1. The maximum absolute atomic E-state index is 8.12. The molecule has 0 spiro atoms. The molecule has 0 aliphatic carbocycles. The summed E-state index contributed by atoms with van der Waals surface area (Å²) >= 11 is 0. The van der Waals surface area contributed by atoms with Crippen LogP contribution >= 0.6 is 0 Å². The Morgan fingerprint density at radius 3 is 2.24 bits per heavy atom. The van der Waals surface area contributed by atoms with Gasteiger partial charge in [0.2, 0.25) is 0 Å². The maximum atomic E-state index is 8.12. The first-order valence-electron chi connectivity index (χ1n) is 19.3. The van der Waals surface area contributed by atoms with Crippen LogP contribution in [-0.2, 0) is 26.5 Å². The van der Waals surface area contributed by atoms with Gasteiger partial charge in [-0.3, -0.25) is 0 Å². The summed E-state index contributed by atoms with van der Waals surface area (Å²) in [6, 6.07) is 48.3. The summed E-state index contributed by atoms with van der Waals surface area (Å²) in [5, 5.41) is 6.70. The van der Waals surface area contributed by atoms with Gasteiger partial charge >= 0.3 is 0 Å². The van der Waals surface area contributed by atoms with Gasteiger partial charge in [0.05, 0.1) is 22.1 Å². The van der Waals surface area contributed by atoms with Crippen LogP contribution in [0.2, 0.25) is 0 Å². The number of anilines is 3. The number of hydrogen-bond acceptors (Lipinski definition) is 4. The Bertz CT molecular complexity index is 3270. The molecule has 7 heteroatoms. The zero-order valence-electron chi connectivity index (χ0n) is 32.7. The molecule has 0 unspecified atom stereocenters. The van der Waals surface area contributed by atoms with Crippen LogP contribution in [0.15, 0.2) is 128 Å². The standard InChI is InChI=1S/C47H34N5O.Pt/c1-47(2,3)29-24-38-34-22-21-32(53-31-13-9-12-30(26-31)50-28-49(4)40-19-7-8-20-41(40)50)27-42(34)52-45(38)43(25-29)51-39-18-6-5-14-33(39)35-15-10-16-36(44(35)51)37-17-11-23-48-46(37)52;/h5-25,28H,1-4H3;/q-3;/i4D3;. The first-order chi connectivity index (χ1) is 27.0. The largest absolute Gasteiger partial charge is 0.509 e. The van der Waals surface area contributed by atoms with Crippen LogP contribution in [0.3, 0.4) is 0 Å². The van der Waals surface area contributed by atoms with Crippen molar-refractivity contribution < 1.29 is 29.9 Å². The Hall–Kier alpha value is -5.84. The van der Waals surface area contributed by atoms with Crippen molar-refractivity contribution in [2.24, 2.45) is 0 Å². The monoisotopic (exact) mass is 882 g/mol. The van der Waals surface area contributed by atoms with Gasteiger partial charge in [-0.25, -0.2) is 4.98 Å². The average Bonchev–Trinajstić information content (AvgIpc) is 3.85. The van der Waals surface area contributed by atoms with Gasteiger partial charge in [0.25, 0.3) is 0 Å². The predicted octanol–water partition coefficient (Wildman–Crippen LogP) is 11.7. The third-order valence-electron chi connectivity index (χ3n) is 10.7. The number of rotatable bonds is 3. The zero-order chi connectivity index (χ0) is 38.1. The molecule has 0 radical (unpaired) electrons. The average molecular weight is 883 g/mol. The fourth-order valence-electron chi connectivity index (χ4n) is 8.23. The molecule has 0 saturated heterocycles. The van der Waals surface area contributed by atoms with E-state index in [-0.39, 0.29) is 26.5 Å². The van der Waals surface area contributed by atoms with Crippen LogP contribution in [-0.4, -0.2) is 20.8 Å². The Balaban J connectivity index is 0.00000396. The molecule has 6 nitrogen and oxygen atoms in total. The normalized spacial score (nSPS) is 14.3. The van der Waals surface area contributed by atoms with Gasteiger partial charge in [0.15, 0.2) is 0 Å². The molecule has 10 aromatic rings. The zero-order valence-corrected chi connectivity index (χ0v) is 31.9. The van der Waals surface area contributed by atoms with Gasteiger partial charge in [0, 0.05) is 75.8 Å². The second-order valence-corrected chi connectivity index (χ2v) is 14.8. The van der Waals surface area contributed by atoms with Crippen LogP contribution in [0.25, 0.3) is 65.5 Å². The van der Waals surface area contributed by atoms with E-state index >= 15 is 0 Å². The molecule has 11 rings (SSSR count). The molecule has 54 heavy (non-hydrogen) atoms. The fourth-order valence-corrected chi connectivity index (χ4v) is 8.23. The SMILES string of the molecule is [2H]C([2H])([2H])N1[CH-]N(c2[c-]c(Oc3[c-]c4c(cc3)c3cc(C(C)(C)C)cc5c3n4c3ncccc3c3cccc4c6ccccc6n5c43)ccc2)c2ccccc21.[Pt]. The van der Waals surface area contributed by atoms with Gasteiger partial charge in [-0.2, -0.15) is 18.8 Å². The van der Waals surface area contributed by atoms with Crippen LogP contribution in [0.5, 0.6) is 11.5 Å². The predicted molar refractivity (Wildman–Crippen MR) is 218 cm³/mol. The van der Waals surface area contributed by atoms with E-state index in [4.69, 9.17) is 13.8 Å². The molecule has 0 N–H and O–H groups in total. The van der Waals surface area contributed by atoms with Gasteiger partial charge in [-0.05, 0) is 59.7 Å². The number of hydrogen-bond donors (Lipinski definition) is 0. The Morgan fingerprint density at radius 1 is 0.648 bits per heavy atom. The molecule has 5 heterocycles. The van der Waals surface area contributed by atoms with E-state index in [9.17, 15) is 0 Å². The van der Waals surface area contributed by atoms with E-state index in [0.29, 0.717) is 22.9 Å². The van der Waals surface area contributed by atoms with Crippen molar-refractivity contribution in [3.8, 4) is 11.5 Å². The molecular formula is C47H34N5OPt-3. The van der Waals surface area contributed by atoms with Gasteiger partial charge in [-0.15, -0.1) is 41.4 Å². The first-order valence-corrected chi connectivity index (χ1v) is 17.8. The summed E-state index contributed by atoms with van der Waals surface area (Å²) in [7, 11) is 0. The molecule has 0 amide bonds. The Kier molecular flexibility index (Phi) is 6.48. The molecule has 6 aromatic carbocycles. The quantitative estimate of drug-likeness (QED) is 0.166. The number of nitrogens with zero attached hydrogens (tertiary/aromatic N) is 5. The molecule has 0 fully saturated rings. The van der Waals surface area contributed by atoms with Crippen LogP contribution in [0.1, 0.15) is 30.4 Å². The van der Waals surface area contributed by atoms with E-state index in [1.807, 2.05) is 65.7 Å². The summed E-state index contributed by atoms with van der Waals surface area (Å²) < 4.78 is 35.6. The Labute approximate surface area is 331 Å². The minimum absolute atomic E-state index is 0. The van der Waals surface area contributed by atoms with Crippen molar-refractivity contribution >= 4 is 82.6 Å². The third kappa shape index (κ3) is 4.66. The van der Waals surface area contributed by atoms with E-state index in [1.165, 1.54) is 21.2 Å². The van der Waals surface area contributed by atoms with Crippen LogP contribution < -0.4 is 14.5 Å². The van der Waals surface area contributed by atoms with Crippen molar-refractivity contribution in [1.29, 1.82) is 0 Å². The molecule has 0 atom stereocenters. The molecule has 4 aromatic heterocycles. The van der Waals surface area contributed by atoms with Crippen molar-refractivity contribution in [3.05, 3.63) is 152 Å². The minimum atomic E-state index is -2.34. The summed E-state index contributed by atoms with van der Waals surface area (Å²) in [5.41, 5.74) is 9.23. The van der Waals surface area contributed by atoms with Crippen molar-refractivity contribution in [2.75, 3.05) is 16.8 Å². The molecule has 1 aliphatic heterocycles. The van der Waals surface area contributed by atoms with Crippen LogP contribution in [0, 0.1) is 18.8 Å². The Morgan fingerprint density at radius 2 is 1.39 bits per heavy atom.